The average Bonchev–Trinajstić information content (AvgIpc) is 2.45. The molecule has 1 aromatic carbocycles. The van der Waals surface area contributed by atoms with Crippen LogP contribution in [0.2, 0.25) is 0 Å². The highest BCUT2D eigenvalue weighted by Crippen LogP contribution is 2.35. The van der Waals surface area contributed by atoms with Crippen molar-refractivity contribution in [3.63, 3.8) is 0 Å². The summed E-state index contributed by atoms with van der Waals surface area (Å²) in [4.78, 5) is 14.7. The quantitative estimate of drug-likeness (QED) is 0.910. The number of carboxylic acids is 1. The predicted octanol–water partition coefficient (Wildman–Crippen LogP) is 2.76. The first-order valence-corrected chi connectivity index (χ1v) is 6.00. The maximum absolute atomic E-state index is 14.2. The van der Waals surface area contributed by atoms with Gasteiger partial charge in [-0.3, -0.25) is 0 Å². The molecule has 0 atom stereocenters. The first-order valence-electron chi connectivity index (χ1n) is 6.00. The van der Waals surface area contributed by atoms with Gasteiger partial charge in [0.1, 0.15) is 23.0 Å². The van der Waals surface area contributed by atoms with Crippen molar-refractivity contribution in [2.45, 2.75) is 6.92 Å². The van der Waals surface area contributed by atoms with Crippen molar-refractivity contribution in [1.82, 2.24) is 4.98 Å². The number of rotatable bonds is 3. The van der Waals surface area contributed by atoms with Gasteiger partial charge in [0.05, 0.1) is 7.11 Å². The zero-order chi connectivity index (χ0) is 16.6. The number of nitrogen functional groups attached to an aromatic ring is 1. The number of carbonyl (C=O) groups is 1. The highest BCUT2D eigenvalue weighted by atomic mass is 19.1. The van der Waals surface area contributed by atoms with E-state index in [1.54, 1.807) is 0 Å². The van der Waals surface area contributed by atoms with Crippen LogP contribution >= 0.6 is 0 Å². The predicted molar refractivity (Wildman–Crippen MR) is 72.2 cm³/mol. The van der Waals surface area contributed by atoms with Crippen LogP contribution in [0.5, 0.6) is 5.75 Å². The Morgan fingerprint density at radius 1 is 1.27 bits per heavy atom. The van der Waals surface area contributed by atoms with Crippen molar-refractivity contribution in [3.8, 4) is 17.0 Å². The van der Waals surface area contributed by atoms with Gasteiger partial charge in [0.25, 0.3) is 0 Å². The Balaban J connectivity index is 2.82. The molecule has 1 heterocycles. The molecule has 5 nitrogen and oxygen atoms in total. The van der Waals surface area contributed by atoms with Gasteiger partial charge in [-0.15, -0.1) is 0 Å². The van der Waals surface area contributed by atoms with Crippen LogP contribution in [-0.2, 0) is 0 Å². The summed E-state index contributed by atoms with van der Waals surface area (Å²) in [6.07, 6.45) is 0. The van der Waals surface area contributed by atoms with Crippen molar-refractivity contribution < 1.29 is 27.8 Å². The first-order chi connectivity index (χ1) is 10.3. The van der Waals surface area contributed by atoms with E-state index >= 15 is 0 Å². The third-order valence-electron chi connectivity index (χ3n) is 3.04. The molecule has 0 spiro atoms. The minimum Gasteiger partial charge on any atom is -0.492 e. The van der Waals surface area contributed by atoms with E-state index < -0.39 is 51.8 Å². The molecule has 0 aliphatic carbocycles. The second-order valence-corrected chi connectivity index (χ2v) is 4.46. The third kappa shape index (κ3) is 2.43. The van der Waals surface area contributed by atoms with Gasteiger partial charge < -0.3 is 15.6 Å². The molecule has 0 fully saturated rings. The van der Waals surface area contributed by atoms with E-state index in [9.17, 15) is 18.0 Å². The number of hydrogen-bond donors (Lipinski definition) is 2. The van der Waals surface area contributed by atoms with E-state index in [0.29, 0.717) is 0 Å². The molecule has 22 heavy (non-hydrogen) atoms. The molecule has 0 saturated heterocycles. The number of methoxy groups -OCH3 is 1. The summed E-state index contributed by atoms with van der Waals surface area (Å²) < 4.78 is 46.5. The highest BCUT2D eigenvalue weighted by Gasteiger charge is 2.25. The fraction of sp³-hybridized carbons (Fsp3) is 0.143. The van der Waals surface area contributed by atoms with Crippen LogP contribution in [0, 0.1) is 24.4 Å². The van der Waals surface area contributed by atoms with Crippen molar-refractivity contribution in [2.75, 3.05) is 12.8 Å². The van der Waals surface area contributed by atoms with Gasteiger partial charge in [0, 0.05) is 5.56 Å². The number of nitrogens with two attached hydrogens (primary N) is 1. The van der Waals surface area contributed by atoms with E-state index in [2.05, 4.69) is 4.98 Å². The van der Waals surface area contributed by atoms with Crippen LogP contribution in [0.25, 0.3) is 11.3 Å². The Bertz CT molecular complexity index is 779. The topological polar surface area (TPSA) is 85.4 Å². The summed E-state index contributed by atoms with van der Waals surface area (Å²) in [7, 11) is 1.09. The van der Waals surface area contributed by atoms with Gasteiger partial charge in [-0.05, 0) is 24.6 Å². The minimum absolute atomic E-state index is 0.0154. The molecule has 0 radical (unpaired) electrons. The summed E-state index contributed by atoms with van der Waals surface area (Å²) in [5.74, 6) is -4.96. The number of aromatic nitrogens is 1. The Kier molecular flexibility index (Phi) is 3.94. The zero-order valence-electron chi connectivity index (χ0n) is 11.6. The SMILES string of the molecule is COc1c(C(=O)O)nc(-c2cc(F)c(C)cc2F)c(F)c1N. The number of anilines is 1. The second kappa shape index (κ2) is 5.55. The summed E-state index contributed by atoms with van der Waals surface area (Å²) in [6.45, 7) is 1.33. The standard InChI is InChI=1S/C14H11F3N2O3/c1-5-3-8(16)6(4-7(5)15)11-9(17)10(18)13(22-2)12(19-11)14(20)21/h3-4H,1-2H3,(H2,18,19)(H,20,21). The van der Waals surface area contributed by atoms with E-state index in [1.807, 2.05) is 0 Å². The van der Waals surface area contributed by atoms with Crippen LogP contribution < -0.4 is 10.5 Å². The lowest BCUT2D eigenvalue weighted by Gasteiger charge is -2.13. The third-order valence-corrected chi connectivity index (χ3v) is 3.04. The Morgan fingerprint density at radius 2 is 1.91 bits per heavy atom. The number of ether oxygens (including phenoxy) is 1. The van der Waals surface area contributed by atoms with E-state index in [4.69, 9.17) is 15.6 Å². The van der Waals surface area contributed by atoms with E-state index in [1.165, 1.54) is 6.92 Å². The largest absolute Gasteiger partial charge is 0.492 e. The number of halogens is 3. The lowest BCUT2D eigenvalue weighted by molar-refractivity contribution is 0.0686. The van der Waals surface area contributed by atoms with Crippen LogP contribution in [0.1, 0.15) is 16.1 Å². The Morgan fingerprint density at radius 3 is 2.45 bits per heavy atom. The number of nitrogens with zero attached hydrogens (tertiary/aromatic N) is 1. The summed E-state index contributed by atoms with van der Waals surface area (Å²) in [5, 5.41) is 9.06. The molecule has 0 amide bonds. The van der Waals surface area contributed by atoms with Crippen LogP contribution in [-0.4, -0.2) is 23.2 Å². The molecule has 1 aromatic heterocycles. The van der Waals surface area contributed by atoms with Crippen molar-refractivity contribution in [1.29, 1.82) is 0 Å². The normalized spacial score (nSPS) is 10.6. The molecule has 3 N–H and O–H groups in total. The second-order valence-electron chi connectivity index (χ2n) is 4.46. The van der Waals surface area contributed by atoms with Gasteiger partial charge in [-0.2, -0.15) is 0 Å². The molecule has 116 valence electrons. The number of carboxylic acid groups (broad SMARTS) is 1. The maximum Gasteiger partial charge on any atom is 0.358 e. The Labute approximate surface area is 123 Å². The fourth-order valence-electron chi connectivity index (χ4n) is 1.92. The molecule has 2 aromatic rings. The van der Waals surface area contributed by atoms with E-state index in [-0.39, 0.29) is 5.56 Å². The van der Waals surface area contributed by atoms with Crippen LogP contribution in [0.3, 0.4) is 0 Å². The molecule has 0 saturated carbocycles. The van der Waals surface area contributed by atoms with Gasteiger partial charge in [-0.25, -0.2) is 22.9 Å². The minimum atomic E-state index is -1.54. The average molecular weight is 312 g/mol. The summed E-state index contributed by atoms with van der Waals surface area (Å²) in [6, 6.07) is 1.58. The van der Waals surface area contributed by atoms with E-state index in [0.717, 1.165) is 19.2 Å². The van der Waals surface area contributed by atoms with Crippen molar-refractivity contribution >= 4 is 11.7 Å². The van der Waals surface area contributed by atoms with Gasteiger partial charge >= 0.3 is 5.97 Å². The van der Waals surface area contributed by atoms with Gasteiger partial charge in [0.15, 0.2) is 17.3 Å². The molecular weight excluding hydrogens is 301 g/mol. The molecular formula is C14H11F3N2O3. The lowest BCUT2D eigenvalue weighted by Crippen LogP contribution is -2.11. The molecule has 0 unspecified atom stereocenters. The first kappa shape index (κ1) is 15.6. The molecule has 8 heteroatoms. The highest BCUT2D eigenvalue weighted by molar-refractivity contribution is 5.92. The smallest absolute Gasteiger partial charge is 0.358 e. The summed E-state index contributed by atoms with van der Waals surface area (Å²) in [5.41, 5.74) is 2.91. The summed E-state index contributed by atoms with van der Waals surface area (Å²) >= 11 is 0. The molecule has 2 rings (SSSR count). The Hall–Kier alpha value is -2.77. The monoisotopic (exact) mass is 312 g/mol. The number of pyridine rings is 1. The zero-order valence-corrected chi connectivity index (χ0v) is 11.6. The fourth-order valence-corrected chi connectivity index (χ4v) is 1.92. The van der Waals surface area contributed by atoms with Gasteiger partial charge in [0.2, 0.25) is 0 Å². The lowest BCUT2D eigenvalue weighted by atomic mass is 10.1. The number of benzene rings is 1. The van der Waals surface area contributed by atoms with Gasteiger partial charge in [-0.1, -0.05) is 0 Å². The number of aryl methyl sites for hydroxylation is 1. The maximum atomic E-state index is 14.2. The van der Waals surface area contributed by atoms with Crippen molar-refractivity contribution in [3.05, 3.63) is 40.8 Å². The molecule has 0 bridgehead atoms. The van der Waals surface area contributed by atoms with Crippen LogP contribution in [0.15, 0.2) is 12.1 Å². The van der Waals surface area contributed by atoms with Crippen molar-refractivity contribution in [2.24, 2.45) is 0 Å². The van der Waals surface area contributed by atoms with Crippen LogP contribution in [0.4, 0.5) is 18.9 Å². The molecule has 0 aliphatic heterocycles. The number of aromatic carboxylic acids is 1. The molecule has 0 aliphatic rings. The number of hydrogen-bond acceptors (Lipinski definition) is 4.